The molecular weight excluding hydrogens is 232 g/mol. The molecule has 100 valence electrons. The fourth-order valence-corrected chi connectivity index (χ4v) is 2.39. The summed E-state index contributed by atoms with van der Waals surface area (Å²) in [6, 6.07) is 2.01. The zero-order valence-electron chi connectivity index (χ0n) is 10.9. The van der Waals surface area contributed by atoms with Crippen LogP contribution in [0.5, 0.6) is 0 Å². The molecule has 2 rings (SSSR count). The largest absolute Gasteiger partial charge is 0.465 e. The molecule has 1 aromatic rings. The summed E-state index contributed by atoms with van der Waals surface area (Å²) in [7, 11) is 1.37. The van der Waals surface area contributed by atoms with Crippen LogP contribution in [0.2, 0.25) is 0 Å². The lowest BCUT2D eigenvalue weighted by molar-refractivity contribution is 0.0599. The van der Waals surface area contributed by atoms with Crippen LogP contribution in [0.4, 0.5) is 0 Å². The van der Waals surface area contributed by atoms with E-state index in [1.54, 1.807) is 13.0 Å². The maximum Gasteiger partial charge on any atom is 0.341 e. The van der Waals surface area contributed by atoms with Crippen LogP contribution in [0, 0.1) is 6.92 Å². The van der Waals surface area contributed by atoms with Crippen LogP contribution in [0.15, 0.2) is 10.5 Å². The summed E-state index contributed by atoms with van der Waals surface area (Å²) in [4.78, 5) is 13.7. The van der Waals surface area contributed by atoms with Crippen molar-refractivity contribution in [1.82, 2.24) is 4.90 Å². The van der Waals surface area contributed by atoms with Crippen LogP contribution in [0.25, 0.3) is 0 Å². The minimum atomic E-state index is -0.349. The Labute approximate surface area is 107 Å². The summed E-state index contributed by atoms with van der Waals surface area (Å²) in [5.41, 5.74) is 6.45. The van der Waals surface area contributed by atoms with Gasteiger partial charge in [-0.3, -0.25) is 4.90 Å². The normalized spacial score (nSPS) is 20.9. The number of carbonyl (C=O) groups is 1. The highest BCUT2D eigenvalue weighted by molar-refractivity contribution is 5.90. The fraction of sp³-hybridized carbons (Fsp3) is 0.615. The average molecular weight is 252 g/mol. The third kappa shape index (κ3) is 2.91. The maximum atomic E-state index is 11.5. The van der Waals surface area contributed by atoms with Crippen molar-refractivity contribution < 1.29 is 13.9 Å². The minimum Gasteiger partial charge on any atom is -0.465 e. The number of aryl methyl sites for hydroxylation is 1. The SMILES string of the molecule is COC(=O)c1cc(CN2CCC[C@@H](N)C2)oc1C. The van der Waals surface area contributed by atoms with Gasteiger partial charge >= 0.3 is 5.97 Å². The molecule has 18 heavy (non-hydrogen) atoms. The quantitative estimate of drug-likeness (QED) is 0.821. The van der Waals surface area contributed by atoms with E-state index in [1.165, 1.54) is 7.11 Å². The molecule has 1 atom stereocenters. The zero-order valence-corrected chi connectivity index (χ0v) is 10.9. The number of carbonyl (C=O) groups excluding carboxylic acids is 1. The van der Waals surface area contributed by atoms with Crippen molar-refractivity contribution in [2.24, 2.45) is 5.73 Å². The van der Waals surface area contributed by atoms with E-state index >= 15 is 0 Å². The molecule has 0 amide bonds. The number of hydrogen-bond acceptors (Lipinski definition) is 5. The number of esters is 1. The molecule has 1 aliphatic heterocycles. The number of nitrogens with zero attached hydrogens (tertiary/aromatic N) is 1. The van der Waals surface area contributed by atoms with Crippen molar-refractivity contribution in [3.8, 4) is 0 Å². The van der Waals surface area contributed by atoms with Crippen molar-refractivity contribution in [1.29, 1.82) is 0 Å². The molecule has 1 aromatic heterocycles. The van der Waals surface area contributed by atoms with Gasteiger partial charge in [-0.2, -0.15) is 0 Å². The molecule has 1 saturated heterocycles. The standard InChI is InChI=1S/C13H20N2O3/c1-9-12(13(16)17-2)6-11(18-9)8-15-5-3-4-10(14)7-15/h6,10H,3-5,7-8,14H2,1-2H3/t10-/m1/s1. The molecule has 0 unspecified atom stereocenters. The third-order valence-corrected chi connectivity index (χ3v) is 3.30. The van der Waals surface area contributed by atoms with Gasteiger partial charge in [0.05, 0.1) is 13.7 Å². The lowest BCUT2D eigenvalue weighted by atomic mass is 10.1. The number of methoxy groups -OCH3 is 1. The molecule has 1 fully saturated rings. The molecule has 5 heteroatoms. The van der Waals surface area contributed by atoms with E-state index in [0.717, 1.165) is 31.7 Å². The van der Waals surface area contributed by atoms with Crippen LogP contribution in [0.3, 0.4) is 0 Å². The number of hydrogen-bond donors (Lipinski definition) is 1. The Morgan fingerprint density at radius 2 is 2.44 bits per heavy atom. The smallest absolute Gasteiger partial charge is 0.341 e. The summed E-state index contributed by atoms with van der Waals surface area (Å²) in [5, 5.41) is 0. The first-order valence-electron chi connectivity index (χ1n) is 6.25. The van der Waals surface area contributed by atoms with E-state index in [-0.39, 0.29) is 12.0 Å². The predicted octanol–water partition coefficient (Wildman–Crippen LogP) is 1.30. The molecule has 0 radical (unpaired) electrons. The molecule has 0 aromatic carbocycles. The van der Waals surface area contributed by atoms with Crippen molar-refractivity contribution >= 4 is 5.97 Å². The van der Waals surface area contributed by atoms with Gasteiger partial charge in [-0.15, -0.1) is 0 Å². The molecule has 2 N–H and O–H groups in total. The fourth-order valence-electron chi connectivity index (χ4n) is 2.39. The summed E-state index contributed by atoms with van der Waals surface area (Å²) in [6.45, 7) is 4.39. The lowest BCUT2D eigenvalue weighted by Gasteiger charge is -2.29. The van der Waals surface area contributed by atoms with E-state index in [4.69, 9.17) is 14.9 Å². The van der Waals surface area contributed by atoms with Gasteiger partial charge in [-0.05, 0) is 32.4 Å². The summed E-state index contributed by atoms with van der Waals surface area (Å²) >= 11 is 0. The molecule has 0 saturated carbocycles. The number of rotatable bonds is 3. The second kappa shape index (κ2) is 5.54. The Bertz CT molecular complexity index is 428. The third-order valence-electron chi connectivity index (χ3n) is 3.30. The van der Waals surface area contributed by atoms with Gasteiger partial charge in [0.1, 0.15) is 17.1 Å². The second-order valence-corrected chi connectivity index (χ2v) is 4.81. The highest BCUT2D eigenvalue weighted by atomic mass is 16.5. The number of nitrogens with two attached hydrogens (primary N) is 1. The lowest BCUT2D eigenvalue weighted by Crippen LogP contribution is -2.42. The van der Waals surface area contributed by atoms with Crippen LogP contribution >= 0.6 is 0 Å². The Hall–Kier alpha value is -1.33. The van der Waals surface area contributed by atoms with Gasteiger partial charge in [0.2, 0.25) is 0 Å². The van der Waals surface area contributed by atoms with E-state index in [2.05, 4.69) is 4.90 Å². The Morgan fingerprint density at radius 3 is 3.11 bits per heavy atom. The first kappa shape index (κ1) is 13.1. The van der Waals surface area contributed by atoms with Gasteiger partial charge in [-0.1, -0.05) is 0 Å². The average Bonchev–Trinajstić information content (AvgIpc) is 2.69. The Morgan fingerprint density at radius 1 is 1.67 bits per heavy atom. The van der Waals surface area contributed by atoms with Crippen LogP contribution < -0.4 is 5.73 Å². The first-order valence-corrected chi connectivity index (χ1v) is 6.25. The van der Waals surface area contributed by atoms with Gasteiger partial charge in [0.15, 0.2) is 0 Å². The van der Waals surface area contributed by atoms with Crippen molar-refractivity contribution in [2.75, 3.05) is 20.2 Å². The highest BCUT2D eigenvalue weighted by Gasteiger charge is 2.20. The van der Waals surface area contributed by atoms with E-state index in [9.17, 15) is 4.79 Å². The van der Waals surface area contributed by atoms with Crippen LogP contribution in [-0.2, 0) is 11.3 Å². The molecule has 5 nitrogen and oxygen atoms in total. The Balaban J connectivity index is 2.03. The van der Waals surface area contributed by atoms with E-state index in [1.807, 2.05) is 0 Å². The van der Waals surface area contributed by atoms with E-state index in [0.29, 0.717) is 17.9 Å². The van der Waals surface area contributed by atoms with Crippen molar-refractivity contribution in [3.63, 3.8) is 0 Å². The summed E-state index contributed by atoms with van der Waals surface area (Å²) in [5.74, 6) is 1.05. The van der Waals surface area contributed by atoms with Gasteiger partial charge in [-0.25, -0.2) is 4.79 Å². The molecule has 0 spiro atoms. The molecule has 0 aliphatic carbocycles. The molecule has 1 aliphatic rings. The van der Waals surface area contributed by atoms with Gasteiger partial charge in [0.25, 0.3) is 0 Å². The van der Waals surface area contributed by atoms with E-state index < -0.39 is 0 Å². The second-order valence-electron chi connectivity index (χ2n) is 4.81. The van der Waals surface area contributed by atoms with Crippen LogP contribution in [0.1, 0.15) is 34.7 Å². The van der Waals surface area contributed by atoms with Gasteiger partial charge in [0, 0.05) is 12.6 Å². The minimum absolute atomic E-state index is 0.245. The number of ether oxygens (including phenoxy) is 1. The molecule has 0 bridgehead atoms. The van der Waals surface area contributed by atoms with Gasteiger partial charge < -0.3 is 14.9 Å². The zero-order chi connectivity index (χ0) is 13.1. The number of piperidine rings is 1. The predicted molar refractivity (Wildman–Crippen MR) is 67.3 cm³/mol. The topological polar surface area (TPSA) is 68.7 Å². The monoisotopic (exact) mass is 252 g/mol. The van der Waals surface area contributed by atoms with Crippen LogP contribution in [-0.4, -0.2) is 37.1 Å². The molecular formula is C13H20N2O3. The summed E-state index contributed by atoms with van der Waals surface area (Å²) in [6.07, 6.45) is 2.20. The number of furan rings is 1. The molecule has 2 heterocycles. The number of likely N-dealkylation sites (tertiary alicyclic amines) is 1. The highest BCUT2D eigenvalue weighted by Crippen LogP contribution is 2.19. The van der Waals surface area contributed by atoms with Crippen molar-refractivity contribution in [2.45, 2.75) is 32.4 Å². The maximum absolute atomic E-state index is 11.5. The first-order chi connectivity index (χ1) is 8.60. The summed E-state index contributed by atoms with van der Waals surface area (Å²) < 4.78 is 10.3. The van der Waals surface area contributed by atoms with Crippen molar-refractivity contribution in [3.05, 3.63) is 23.2 Å². The Kier molecular flexibility index (Phi) is 4.04.